The molecule has 0 fully saturated rings. The van der Waals surface area contributed by atoms with Gasteiger partial charge in [0.05, 0.1) is 10.6 Å². The minimum Gasteiger partial charge on any atom is -0.325 e. The lowest BCUT2D eigenvalue weighted by atomic mass is 10.2. The fraction of sp³-hybridized carbons (Fsp3) is 0.167. The molecule has 28 heavy (non-hydrogen) atoms. The Morgan fingerprint density at radius 2 is 1.79 bits per heavy atom. The van der Waals surface area contributed by atoms with Crippen LogP contribution in [0.2, 0.25) is 0 Å². The number of nitrogens with zero attached hydrogens (tertiary/aromatic N) is 3. The average molecular weight is 418 g/mol. The van der Waals surface area contributed by atoms with E-state index in [0.717, 1.165) is 11.4 Å². The average Bonchev–Trinajstić information content (AvgIpc) is 3.10. The molecule has 3 aromatic rings. The number of aromatic nitrogens is 3. The predicted molar refractivity (Wildman–Crippen MR) is 108 cm³/mol. The number of carbonyl (C=O) groups excluding carboxylic acids is 1. The number of amides is 1. The highest BCUT2D eigenvalue weighted by molar-refractivity contribution is 7.99. The predicted octanol–water partition coefficient (Wildman–Crippen LogP) is 2.34. The minimum absolute atomic E-state index is 0.00985. The van der Waals surface area contributed by atoms with Gasteiger partial charge in [-0.2, -0.15) is 0 Å². The summed E-state index contributed by atoms with van der Waals surface area (Å²) in [4.78, 5) is 12.2. The molecule has 0 spiro atoms. The van der Waals surface area contributed by atoms with Crippen LogP contribution < -0.4 is 10.5 Å². The number of benzene rings is 2. The monoisotopic (exact) mass is 417 g/mol. The number of nitrogens with one attached hydrogen (secondary N) is 1. The molecule has 0 saturated carbocycles. The normalized spacial score (nSPS) is 11.4. The van der Waals surface area contributed by atoms with Gasteiger partial charge in [-0.25, -0.2) is 13.6 Å². The lowest BCUT2D eigenvalue weighted by Gasteiger charge is -2.08. The molecular formula is C18H19N5O3S2. The maximum absolute atomic E-state index is 12.2. The molecule has 3 N–H and O–H groups in total. The summed E-state index contributed by atoms with van der Waals surface area (Å²) >= 11 is 1.28. The Morgan fingerprint density at radius 3 is 2.39 bits per heavy atom. The summed E-state index contributed by atoms with van der Waals surface area (Å²) in [5.74, 6) is 0.661. The number of primary sulfonamides is 1. The van der Waals surface area contributed by atoms with E-state index in [1.54, 1.807) is 0 Å². The molecule has 0 aliphatic carbocycles. The van der Waals surface area contributed by atoms with Crippen LogP contribution in [0.1, 0.15) is 6.92 Å². The number of rotatable bonds is 7. The van der Waals surface area contributed by atoms with E-state index >= 15 is 0 Å². The Balaban J connectivity index is 1.64. The molecule has 1 aromatic heterocycles. The molecule has 1 amide bonds. The number of nitrogens with two attached hydrogens (primary N) is 1. The zero-order valence-corrected chi connectivity index (χ0v) is 16.7. The van der Waals surface area contributed by atoms with Crippen molar-refractivity contribution in [3.8, 4) is 11.4 Å². The van der Waals surface area contributed by atoms with Gasteiger partial charge < -0.3 is 9.88 Å². The van der Waals surface area contributed by atoms with Crippen LogP contribution in [-0.2, 0) is 21.4 Å². The van der Waals surface area contributed by atoms with Crippen LogP contribution in [0.15, 0.2) is 64.6 Å². The first-order valence-electron chi connectivity index (χ1n) is 8.42. The van der Waals surface area contributed by atoms with E-state index in [1.807, 2.05) is 41.8 Å². The molecule has 2 aromatic carbocycles. The second-order valence-electron chi connectivity index (χ2n) is 5.82. The van der Waals surface area contributed by atoms with E-state index in [0.29, 0.717) is 17.4 Å². The van der Waals surface area contributed by atoms with Crippen LogP contribution in [0.4, 0.5) is 5.69 Å². The summed E-state index contributed by atoms with van der Waals surface area (Å²) in [5.41, 5.74) is 1.45. The quantitative estimate of drug-likeness (QED) is 0.569. The fourth-order valence-corrected chi connectivity index (χ4v) is 3.85. The molecule has 10 heteroatoms. The van der Waals surface area contributed by atoms with Gasteiger partial charge in [0.15, 0.2) is 11.0 Å². The molecule has 146 valence electrons. The Bertz CT molecular complexity index is 1060. The van der Waals surface area contributed by atoms with Crippen LogP contribution in [0.3, 0.4) is 0 Å². The van der Waals surface area contributed by atoms with Crippen LogP contribution in [0, 0.1) is 0 Å². The fourth-order valence-electron chi connectivity index (χ4n) is 2.54. The SMILES string of the molecule is CCn1c(SCC(=O)Nc2ccc(S(N)(=O)=O)cc2)nnc1-c1ccccc1. The van der Waals surface area contributed by atoms with Crippen LogP contribution in [0.25, 0.3) is 11.4 Å². The first-order chi connectivity index (χ1) is 13.4. The van der Waals surface area contributed by atoms with E-state index in [1.165, 1.54) is 36.0 Å². The van der Waals surface area contributed by atoms with Crippen molar-refractivity contribution < 1.29 is 13.2 Å². The summed E-state index contributed by atoms with van der Waals surface area (Å²) in [7, 11) is -3.76. The molecule has 0 atom stereocenters. The van der Waals surface area contributed by atoms with Gasteiger partial charge in [-0.3, -0.25) is 4.79 Å². The standard InChI is InChI=1S/C18H19N5O3S2/c1-2-23-17(13-6-4-3-5-7-13)21-22-18(23)27-12-16(24)20-14-8-10-15(11-9-14)28(19,25)26/h3-11H,2,12H2,1H3,(H,20,24)(H2,19,25,26). The smallest absolute Gasteiger partial charge is 0.238 e. The summed E-state index contributed by atoms with van der Waals surface area (Å²) in [5, 5.41) is 16.9. The van der Waals surface area contributed by atoms with Gasteiger partial charge in [0, 0.05) is 17.8 Å². The Kier molecular flexibility index (Phi) is 6.12. The Morgan fingerprint density at radius 1 is 1.11 bits per heavy atom. The van der Waals surface area contributed by atoms with Crippen molar-refractivity contribution in [3.63, 3.8) is 0 Å². The maximum Gasteiger partial charge on any atom is 0.238 e. The van der Waals surface area contributed by atoms with Crippen molar-refractivity contribution in [2.24, 2.45) is 5.14 Å². The van der Waals surface area contributed by atoms with E-state index in [-0.39, 0.29) is 16.6 Å². The summed E-state index contributed by atoms with van der Waals surface area (Å²) < 4.78 is 24.5. The van der Waals surface area contributed by atoms with Crippen molar-refractivity contribution in [2.75, 3.05) is 11.1 Å². The summed E-state index contributed by atoms with van der Waals surface area (Å²) in [6, 6.07) is 15.4. The number of thioether (sulfide) groups is 1. The first kappa shape index (κ1) is 20.1. The van der Waals surface area contributed by atoms with Gasteiger partial charge in [-0.05, 0) is 31.2 Å². The number of hydrogen-bond donors (Lipinski definition) is 2. The van der Waals surface area contributed by atoms with Gasteiger partial charge in [0.2, 0.25) is 15.9 Å². The molecular weight excluding hydrogens is 398 g/mol. The van der Waals surface area contributed by atoms with Gasteiger partial charge in [-0.1, -0.05) is 42.1 Å². The number of sulfonamides is 1. The largest absolute Gasteiger partial charge is 0.325 e. The second-order valence-corrected chi connectivity index (χ2v) is 8.33. The molecule has 0 unspecified atom stereocenters. The molecule has 1 heterocycles. The number of anilines is 1. The lowest BCUT2D eigenvalue weighted by molar-refractivity contribution is -0.113. The van der Waals surface area contributed by atoms with E-state index in [9.17, 15) is 13.2 Å². The van der Waals surface area contributed by atoms with E-state index in [2.05, 4.69) is 15.5 Å². The van der Waals surface area contributed by atoms with Gasteiger partial charge in [0.25, 0.3) is 0 Å². The van der Waals surface area contributed by atoms with Crippen molar-refractivity contribution >= 4 is 33.4 Å². The molecule has 8 nitrogen and oxygen atoms in total. The lowest BCUT2D eigenvalue weighted by Crippen LogP contribution is -2.15. The van der Waals surface area contributed by atoms with Gasteiger partial charge in [0.1, 0.15) is 0 Å². The van der Waals surface area contributed by atoms with Crippen molar-refractivity contribution in [1.29, 1.82) is 0 Å². The zero-order valence-electron chi connectivity index (χ0n) is 15.1. The molecule has 0 aliphatic rings. The highest BCUT2D eigenvalue weighted by Crippen LogP contribution is 2.24. The van der Waals surface area contributed by atoms with Crippen molar-refractivity contribution in [1.82, 2.24) is 14.8 Å². The highest BCUT2D eigenvalue weighted by Gasteiger charge is 2.14. The minimum atomic E-state index is -3.76. The second kappa shape index (κ2) is 8.55. The van der Waals surface area contributed by atoms with Crippen LogP contribution in [0.5, 0.6) is 0 Å². The third kappa shape index (κ3) is 4.77. The van der Waals surface area contributed by atoms with Crippen LogP contribution >= 0.6 is 11.8 Å². The van der Waals surface area contributed by atoms with Crippen molar-refractivity contribution in [2.45, 2.75) is 23.5 Å². The van der Waals surface area contributed by atoms with Gasteiger partial charge >= 0.3 is 0 Å². The molecule has 3 rings (SSSR count). The number of carbonyl (C=O) groups is 1. The third-order valence-electron chi connectivity index (χ3n) is 3.86. The van der Waals surface area contributed by atoms with Crippen LogP contribution in [-0.4, -0.2) is 34.8 Å². The maximum atomic E-state index is 12.2. The summed E-state index contributed by atoms with van der Waals surface area (Å²) in [6.45, 7) is 2.67. The number of hydrogen-bond acceptors (Lipinski definition) is 6. The molecule has 0 saturated heterocycles. The van der Waals surface area contributed by atoms with Crippen molar-refractivity contribution in [3.05, 3.63) is 54.6 Å². The Labute approximate surface area is 167 Å². The third-order valence-corrected chi connectivity index (χ3v) is 5.76. The highest BCUT2D eigenvalue weighted by atomic mass is 32.2. The van der Waals surface area contributed by atoms with E-state index < -0.39 is 10.0 Å². The van der Waals surface area contributed by atoms with E-state index in [4.69, 9.17) is 5.14 Å². The molecule has 0 aliphatic heterocycles. The topological polar surface area (TPSA) is 120 Å². The first-order valence-corrected chi connectivity index (χ1v) is 11.0. The van der Waals surface area contributed by atoms with Gasteiger partial charge in [-0.15, -0.1) is 10.2 Å². The molecule has 0 bridgehead atoms. The summed E-state index contributed by atoms with van der Waals surface area (Å²) in [6.07, 6.45) is 0. The Hall–Kier alpha value is -2.69. The molecule has 0 radical (unpaired) electrons. The zero-order chi connectivity index (χ0) is 20.1.